The van der Waals surface area contributed by atoms with E-state index in [0.717, 1.165) is 5.56 Å². The van der Waals surface area contributed by atoms with Gasteiger partial charge in [-0.15, -0.1) is 0 Å². The van der Waals surface area contributed by atoms with E-state index in [2.05, 4.69) is 5.32 Å². The van der Waals surface area contributed by atoms with E-state index in [0.29, 0.717) is 42.2 Å². The lowest BCUT2D eigenvalue weighted by molar-refractivity contribution is -0.384. The van der Waals surface area contributed by atoms with E-state index in [-0.39, 0.29) is 17.2 Å². The number of fused-ring (bicyclic) bond motifs is 1. The Hall–Kier alpha value is -3.55. The first kappa shape index (κ1) is 31.0. The summed E-state index contributed by atoms with van der Waals surface area (Å²) in [5.41, 5.74) is 15.6. The zero-order valence-corrected chi connectivity index (χ0v) is 25.0. The molecule has 40 heavy (non-hydrogen) atoms. The third-order valence-electron chi connectivity index (χ3n) is 7.11. The van der Waals surface area contributed by atoms with Crippen molar-refractivity contribution in [3.63, 3.8) is 0 Å². The van der Waals surface area contributed by atoms with Gasteiger partial charge in [0.25, 0.3) is 5.69 Å². The van der Waals surface area contributed by atoms with Crippen LogP contribution in [0.15, 0.2) is 47.8 Å². The summed E-state index contributed by atoms with van der Waals surface area (Å²) in [5.74, 6) is 0.448. The summed E-state index contributed by atoms with van der Waals surface area (Å²) in [6, 6.07) is 8.88. The predicted octanol–water partition coefficient (Wildman–Crippen LogP) is 2.70. The Morgan fingerprint density at radius 2 is 1.88 bits per heavy atom. The Morgan fingerprint density at radius 3 is 2.45 bits per heavy atom. The fourth-order valence-corrected chi connectivity index (χ4v) is 6.32. The molecular formula is C27H41N7O5S. The number of ether oxygens (including phenoxy) is 1. The summed E-state index contributed by atoms with van der Waals surface area (Å²) in [5, 5.41) is 14.4. The molecule has 0 amide bonds. The van der Waals surface area contributed by atoms with Crippen LogP contribution in [-0.4, -0.2) is 76.9 Å². The molecule has 0 bridgehead atoms. The van der Waals surface area contributed by atoms with Crippen molar-refractivity contribution < 1.29 is 18.1 Å². The van der Waals surface area contributed by atoms with Gasteiger partial charge in [0.1, 0.15) is 17.3 Å². The van der Waals surface area contributed by atoms with Gasteiger partial charge in [0.05, 0.1) is 34.7 Å². The van der Waals surface area contributed by atoms with Crippen molar-refractivity contribution in [3.05, 3.63) is 63.5 Å². The second-order valence-corrected chi connectivity index (χ2v) is 12.9. The van der Waals surface area contributed by atoms with Gasteiger partial charge < -0.3 is 31.3 Å². The lowest BCUT2D eigenvalue weighted by Gasteiger charge is -2.34. The van der Waals surface area contributed by atoms with Crippen molar-refractivity contribution in [3.8, 4) is 5.75 Å². The number of benzene rings is 2. The summed E-state index contributed by atoms with van der Waals surface area (Å²) in [4.78, 5) is 15.4. The van der Waals surface area contributed by atoms with Gasteiger partial charge in [-0.25, -0.2) is 8.42 Å². The fraction of sp³-hybridized carbons (Fsp3) is 0.481. The Bertz CT molecular complexity index is 1380. The number of nitrogens with one attached hydrogen (secondary N) is 1. The van der Waals surface area contributed by atoms with Crippen molar-refractivity contribution in [1.82, 2.24) is 4.90 Å². The first-order valence-corrected chi connectivity index (χ1v) is 14.6. The fourth-order valence-electron chi connectivity index (χ4n) is 4.86. The second kappa shape index (κ2) is 12.3. The number of hydrogen-bond donors (Lipinski definition) is 3. The van der Waals surface area contributed by atoms with Gasteiger partial charge in [0.15, 0.2) is 0 Å². The minimum atomic E-state index is -3.77. The number of nitro benzene ring substituents is 1. The molecule has 0 saturated heterocycles. The molecule has 2 aromatic carbocycles. The number of rotatable bonds is 10. The quantitative estimate of drug-likeness (QED) is 0.284. The molecule has 3 rings (SSSR count). The minimum absolute atomic E-state index is 0.109. The molecule has 0 spiro atoms. The van der Waals surface area contributed by atoms with Crippen LogP contribution in [0.3, 0.4) is 0 Å². The average molecular weight is 576 g/mol. The SMILES string of the molecule is COc1cc(N(C)CCN(C)C)c([N+](=O)[O-])cc1N/C(N)=C1/C(N)Cc2ccccc2N(S(=O)(=O)C(C)C)[C@H]1C. The third-order valence-corrected chi connectivity index (χ3v) is 9.36. The first-order chi connectivity index (χ1) is 18.7. The van der Waals surface area contributed by atoms with Gasteiger partial charge in [-0.1, -0.05) is 18.2 Å². The summed E-state index contributed by atoms with van der Waals surface area (Å²) in [7, 11) is 3.33. The van der Waals surface area contributed by atoms with Crippen molar-refractivity contribution >= 4 is 32.8 Å². The highest BCUT2D eigenvalue weighted by Crippen LogP contribution is 2.40. The second-order valence-electron chi connectivity index (χ2n) is 10.5. The van der Waals surface area contributed by atoms with Crippen LogP contribution >= 0.6 is 0 Å². The minimum Gasteiger partial charge on any atom is -0.494 e. The molecule has 0 aliphatic carbocycles. The van der Waals surface area contributed by atoms with E-state index in [1.165, 1.54) is 17.5 Å². The summed E-state index contributed by atoms with van der Waals surface area (Å²) in [6.45, 7) is 6.25. The van der Waals surface area contributed by atoms with E-state index in [4.69, 9.17) is 16.2 Å². The molecule has 1 heterocycles. The van der Waals surface area contributed by atoms with E-state index in [9.17, 15) is 18.5 Å². The van der Waals surface area contributed by atoms with Crippen LogP contribution in [0.2, 0.25) is 0 Å². The standard InChI is InChI=1S/C27H41N7O5S/c1-17(2)40(37,38)33-18(3)26(20(28)14-19-10-8-9-11-22(19)33)27(29)30-21-15-24(34(35)36)23(16-25(21)39-7)32(6)13-12-31(4)5/h8-11,15-18,20,30H,12-14,28-29H2,1-7H3/b27-26+/t18-,20?/m0/s1. The molecule has 0 fully saturated rings. The summed E-state index contributed by atoms with van der Waals surface area (Å²) in [6.07, 6.45) is 0.356. The smallest absolute Gasteiger partial charge is 0.294 e. The maximum absolute atomic E-state index is 13.6. The zero-order chi connectivity index (χ0) is 29.9. The molecule has 5 N–H and O–H groups in total. The van der Waals surface area contributed by atoms with Crippen LogP contribution in [0.1, 0.15) is 26.3 Å². The number of likely N-dealkylation sites (N-methyl/N-ethyl adjacent to an activating group) is 2. The molecule has 13 heteroatoms. The molecule has 1 unspecified atom stereocenters. The van der Waals surface area contributed by atoms with Crippen molar-refractivity contribution in [2.75, 3.05) is 55.9 Å². The highest BCUT2D eigenvalue weighted by molar-refractivity contribution is 7.93. The van der Waals surface area contributed by atoms with E-state index in [1.54, 1.807) is 50.9 Å². The molecule has 0 aromatic heterocycles. The van der Waals surface area contributed by atoms with Gasteiger partial charge in [0, 0.05) is 43.9 Å². The maximum atomic E-state index is 13.6. The van der Waals surface area contributed by atoms with Gasteiger partial charge in [-0.2, -0.15) is 0 Å². The molecule has 220 valence electrons. The first-order valence-electron chi connectivity index (χ1n) is 13.1. The molecule has 12 nitrogen and oxygen atoms in total. The van der Waals surface area contributed by atoms with E-state index >= 15 is 0 Å². The van der Waals surface area contributed by atoms with Crippen LogP contribution in [0, 0.1) is 10.1 Å². The van der Waals surface area contributed by atoms with Crippen LogP contribution in [0.25, 0.3) is 0 Å². The van der Waals surface area contributed by atoms with Crippen LogP contribution < -0.4 is 30.7 Å². The van der Waals surface area contributed by atoms with Gasteiger partial charge >= 0.3 is 0 Å². The number of nitrogens with two attached hydrogens (primary N) is 2. The normalized spacial score (nSPS) is 18.8. The molecule has 1 aliphatic rings. The predicted molar refractivity (Wildman–Crippen MR) is 160 cm³/mol. The van der Waals surface area contributed by atoms with Crippen molar-refractivity contribution in [2.24, 2.45) is 11.5 Å². The number of nitro groups is 1. The lowest BCUT2D eigenvalue weighted by Crippen LogP contribution is -2.46. The van der Waals surface area contributed by atoms with Crippen LogP contribution in [0.5, 0.6) is 5.75 Å². The number of para-hydroxylation sites is 1. The molecule has 0 saturated carbocycles. The molecule has 2 aromatic rings. The summed E-state index contributed by atoms with van der Waals surface area (Å²) >= 11 is 0. The Labute approximate surface area is 236 Å². The number of sulfonamides is 1. The number of anilines is 3. The van der Waals surface area contributed by atoms with Crippen molar-refractivity contribution in [1.29, 1.82) is 0 Å². The monoisotopic (exact) mass is 575 g/mol. The van der Waals surface area contributed by atoms with E-state index < -0.39 is 32.3 Å². The Morgan fingerprint density at radius 1 is 1.23 bits per heavy atom. The number of hydrogen-bond acceptors (Lipinski definition) is 10. The van der Waals surface area contributed by atoms with Crippen LogP contribution in [-0.2, 0) is 16.4 Å². The van der Waals surface area contributed by atoms with Gasteiger partial charge in [-0.05, 0) is 52.9 Å². The highest BCUT2D eigenvalue weighted by Gasteiger charge is 2.39. The Kier molecular flexibility index (Phi) is 9.54. The average Bonchev–Trinajstić information content (AvgIpc) is 2.99. The van der Waals surface area contributed by atoms with E-state index in [1.807, 2.05) is 31.1 Å². The van der Waals surface area contributed by atoms with Crippen molar-refractivity contribution in [2.45, 2.75) is 44.5 Å². The zero-order valence-electron chi connectivity index (χ0n) is 24.2. The van der Waals surface area contributed by atoms with Crippen LogP contribution in [0.4, 0.5) is 22.7 Å². The number of methoxy groups -OCH3 is 1. The topological polar surface area (TPSA) is 160 Å². The van der Waals surface area contributed by atoms with Gasteiger partial charge in [-0.3, -0.25) is 14.4 Å². The molecule has 0 radical (unpaired) electrons. The molecule has 2 atom stereocenters. The molecular weight excluding hydrogens is 534 g/mol. The largest absolute Gasteiger partial charge is 0.494 e. The highest BCUT2D eigenvalue weighted by atomic mass is 32.2. The Balaban J connectivity index is 2.13. The maximum Gasteiger partial charge on any atom is 0.294 e. The third kappa shape index (κ3) is 6.26. The van der Waals surface area contributed by atoms with Gasteiger partial charge in [0.2, 0.25) is 10.0 Å². The lowest BCUT2D eigenvalue weighted by atomic mass is 9.97. The summed E-state index contributed by atoms with van der Waals surface area (Å²) < 4.78 is 34.1. The molecule has 1 aliphatic heterocycles. The number of nitrogens with zero attached hydrogens (tertiary/aromatic N) is 4.